The van der Waals surface area contributed by atoms with E-state index in [1.165, 1.54) is 12.3 Å². The van der Waals surface area contributed by atoms with E-state index in [1.54, 1.807) is 0 Å². The Labute approximate surface area is 154 Å². The number of carbonyl (C=O) groups is 1. The van der Waals surface area contributed by atoms with Crippen molar-refractivity contribution in [1.29, 1.82) is 0 Å². The molecule has 27 heavy (non-hydrogen) atoms. The van der Waals surface area contributed by atoms with Crippen LogP contribution in [0.5, 0.6) is 0 Å². The number of nitrogens with two attached hydrogens (primary N) is 1. The maximum atomic E-state index is 15.2. The van der Waals surface area contributed by atoms with Crippen LogP contribution < -0.4 is 16.1 Å². The highest BCUT2D eigenvalue weighted by atomic mass is 19.1. The summed E-state index contributed by atoms with van der Waals surface area (Å²) in [7, 11) is 0. The van der Waals surface area contributed by atoms with E-state index in [0.717, 1.165) is 25.7 Å². The van der Waals surface area contributed by atoms with Gasteiger partial charge in [-0.25, -0.2) is 9.18 Å². The number of anilines is 1. The lowest BCUT2D eigenvalue weighted by atomic mass is 10.0. The van der Waals surface area contributed by atoms with Crippen molar-refractivity contribution < 1.29 is 14.3 Å². The van der Waals surface area contributed by atoms with Crippen LogP contribution in [0, 0.1) is 5.82 Å². The van der Waals surface area contributed by atoms with Gasteiger partial charge >= 0.3 is 5.97 Å². The van der Waals surface area contributed by atoms with Gasteiger partial charge in [0.2, 0.25) is 5.43 Å². The van der Waals surface area contributed by atoms with Crippen LogP contribution in [0.1, 0.15) is 47.6 Å². The number of pyridine rings is 1. The predicted octanol–water partition coefficient (Wildman–Crippen LogP) is 2.50. The molecule has 1 saturated carbocycles. The highest BCUT2D eigenvalue weighted by Crippen LogP contribution is 2.43. The number of hydrogen-bond acceptors (Lipinski definition) is 4. The molecule has 0 spiro atoms. The van der Waals surface area contributed by atoms with Gasteiger partial charge in [-0.1, -0.05) is 12.2 Å². The standard InChI is InChI=1S/C20H20FN3O3/c21-16-7-14-17(24(11-4-5-11)9-15(19(14)25)20(26)27)13-3-1-2-12-6-10(22)8-23(12)18(13)16/h1,3,7,9-12H,2,4-6,8,22H2,(H,26,27)/t10-,12+/m1/s1. The Bertz CT molecular complexity index is 1070. The van der Waals surface area contributed by atoms with Gasteiger partial charge in [0.1, 0.15) is 11.4 Å². The van der Waals surface area contributed by atoms with Crippen molar-refractivity contribution in [1.82, 2.24) is 4.57 Å². The van der Waals surface area contributed by atoms with Gasteiger partial charge in [-0.05, 0) is 31.7 Å². The molecule has 1 aromatic heterocycles. The molecule has 2 fully saturated rings. The van der Waals surface area contributed by atoms with E-state index in [-0.39, 0.29) is 29.1 Å². The Hall–Kier alpha value is -2.67. The number of aromatic nitrogens is 1. The predicted molar refractivity (Wildman–Crippen MR) is 101 cm³/mol. The largest absolute Gasteiger partial charge is 0.477 e. The van der Waals surface area contributed by atoms with E-state index in [1.807, 2.05) is 21.6 Å². The second-order valence-corrected chi connectivity index (χ2v) is 7.77. The first-order chi connectivity index (χ1) is 13.0. The van der Waals surface area contributed by atoms with E-state index in [9.17, 15) is 14.7 Å². The summed E-state index contributed by atoms with van der Waals surface area (Å²) in [4.78, 5) is 26.3. The van der Waals surface area contributed by atoms with Crippen molar-refractivity contribution in [3.8, 4) is 0 Å². The highest BCUT2D eigenvalue weighted by molar-refractivity contribution is 5.98. The lowest BCUT2D eigenvalue weighted by Crippen LogP contribution is -2.31. The molecule has 5 rings (SSSR count). The van der Waals surface area contributed by atoms with Crippen LogP contribution in [0.4, 0.5) is 10.1 Å². The molecule has 3 aliphatic rings. The van der Waals surface area contributed by atoms with Crippen LogP contribution in [0.15, 0.2) is 23.1 Å². The molecule has 0 bridgehead atoms. The van der Waals surface area contributed by atoms with Crippen LogP contribution >= 0.6 is 0 Å². The second kappa shape index (κ2) is 5.66. The Morgan fingerprint density at radius 1 is 1.30 bits per heavy atom. The van der Waals surface area contributed by atoms with E-state index in [2.05, 4.69) is 0 Å². The molecule has 0 unspecified atom stereocenters. The summed E-state index contributed by atoms with van der Waals surface area (Å²) in [6.07, 6.45) is 8.72. The summed E-state index contributed by atoms with van der Waals surface area (Å²) < 4.78 is 17.1. The van der Waals surface area contributed by atoms with Gasteiger partial charge in [0, 0.05) is 36.4 Å². The van der Waals surface area contributed by atoms with Gasteiger partial charge < -0.3 is 20.3 Å². The van der Waals surface area contributed by atoms with Crippen molar-refractivity contribution in [3.05, 3.63) is 45.5 Å². The van der Waals surface area contributed by atoms with Crippen molar-refractivity contribution in [2.24, 2.45) is 5.73 Å². The molecule has 0 amide bonds. The maximum Gasteiger partial charge on any atom is 0.341 e. The molecule has 140 valence electrons. The number of nitrogens with zero attached hydrogens (tertiary/aromatic N) is 2. The summed E-state index contributed by atoms with van der Waals surface area (Å²) in [6.45, 7) is 0.572. The third kappa shape index (κ3) is 2.41. The summed E-state index contributed by atoms with van der Waals surface area (Å²) >= 11 is 0. The smallest absolute Gasteiger partial charge is 0.341 e. The molecule has 7 heteroatoms. The average Bonchev–Trinajstić information content (AvgIpc) is 3.40. The molecule has 3 heterocycles. The Morgan fingerprint density at radius 3 is 2.78 bits per heavy atom. The number of carboxylic acids is 1. The van der Waals surface area contributed by atoms with Gasteiger partial charge in [0.05, 0.1) is 16.6 Å². The molecular weight excluding hydrogens is 349 g/mol. The zero-order valence-electron chi connectivity index (χ0n) is 14.7. The zero-order chi connectivity index (χ0) is 18.9. The second-order valence-electron chi connectivity index (χ2n) is 7.77. The highest BCUT2D eigenvalue weighted by Gasteiger charge is 2.36. The molecule has 2 atom stereocenters. The topological polar surface area (TPSA) is 88.6 Å². The number of rotatable bonds is 2. The molecule has 6 nitrogen and oxygen atoms in total. The normalized spacial score (nSPS) is 24.0. The fourth-order valence-corrected chi connectivity index (χ4v) is 4.54. The molecule has 3 N–H and O–H groups in total. The monoisotopic (exact) mass is 369 g/mol. The zero-order valence-corrected chi connectivity index (χ0v) is 14.7. The first kappa shape index (κ1) is 16.5. The molecule has 2 aliphatic heterocycles. The van der Waals surface area contributed by atoms with Crippen molar-refractivity contribution in [2.45, 2.75) is 43.8 Å². The lowest BCUT2D eigenvalue weighted by Gasteiger charge is -2.27. The van der Waals surface area contributed by atoms with Crippen molar-refractivity contribution in [2.75, 3.05) is 11.4 Å². The third-order valence-corrected chi connectivity index (χ3v) is 5.88. The first-order valence-corrected chi connectivity index (χ1v) is 9.29. The van der Waals surface area contributed by atoms with Gasteiger partial charge in [0.25, 0.3) is 0 Å². The van der Waals surface area contributed by atoms with Gasteiger partial charge in [-0.15, -0.1) is 0 Å². The minimum Gasteiger partial charge on any atom is -0.477 e. The number of halogens is 1. The van der Waals surface area contributed by atoms with Gasteiger partial charge in [-0.3, -0.25) is 4.79 Å². The summed E-state index contributed by atoms with van der Waals surface area (Å²) in [5.74, 6) is -1.78. The summed E-state index contributed by atoms with van der Waals surface area (Å²) in [5, 5.41) is 9.54. The lowest BCUT2D eigenvalue weighted by molar-refractivity contribution is 0.0695. The van der Waals surface area contributed by atoms with Crippen molar-refractivity contribution >= 4 is 28.6 Å². The summed E-state index contributed by atoms with van der Waals surface area (Å²) in [6, 6.07) is 1.49. The van der Waals surface area contributed by atoms with E-state index in [4.69, 9.17) is 5.73 Å². The van der Waals surface area contributed by atoms with Crippen LogP contribution in [0.25, 0.3) is 17.0 Å². The van der Waals surface area contributed by atoms with Gasteiger partial charge in [-0.2, -0.15) is 0 Å². The number of aromatic carboxylic acids is 1. The SMILES string of the molecule is N[C@@H]1C[C@@H]2CC=Cc3c(c(F)cc4c(=O)c(C(=O)O)cn(C5CC5)c34)N2C1. The average molecular weight is 369 g/mol. The molecule has 1 aromatic carbocycles. The van der Waals surface area contributed by atoms with Crippen LogP contribution in [-0.4, -0.2) is 34.3 Å². The molecular formula is C20H20FN3O3. The fourth-order valence-electron chi connectivity index (χ4n) is 4.54. The van der Waals surface area contributed by atoms with E-state index in [0.29, 0.717) is 23.3 Å². The molecule has 1 aliphatic carbocycles. The van der Waals surface area contributed by atoms with E-state index >= 15 is 4.39 Å². The quantitative estimate of drug-likeness (QED) is 0.849. The fraction of sp³-hybridized carbons (Fsp3) is 0.400. The first-order valence-electron chi connectivity index (χ1n) is 9.29. The Balaban J connectivity index is 1.88. The third-order valence-electron chi connectivity index (χ3n) is 5.88. The van der Waals surface area contributed by atoms with Gasteiger partial charge in [0.15, 0.2) is 0 Å². The van der Waals surface area contributed by atoms with Crippen LogP contribution in [0.2, 0.25) is 0 Å². The Morgan fingerprint density at radius 2 is 2.07 bits per heavy atom. The van der Waals surface area contributed by atoms with Crippen LogP contribution in [-0.2, 0) is 0 Å². The number of fused-ring (bicyclic) bond motifs is 5. The van der Waals surface area contributed by atoms with Crippen LogP contribution in [0.3, 0.4) is 0 Å². The maximum absolute atomic E-state index is 15.2. The van der Waals surface area contributed by atoms with Crippen molar-refractivity contribution in [3.63, 3.8) is 0 Å². The number of benzene rings is 1. The Kier molecular flexibility index (Phi) is 3.46. The molecule has 1 saturated heterocycles. The minimum absolute atomic E-state index is 0.00976. The summed E-state index contributed by atoms with van der Waals surface area (Å²) in [5.41, 5.74) is 6.93. The molecule has 2 aromatic rings. The van der Waals surface area contributed by atoms with E-state index < -0.39 is 17.2 Å². The number of hydrogen-bond donors (Lipinski definition) is 2. The minimum atomic E-state index is -1.28. The molecule has 0 radical (unpaired) electrons. The number of carboxylic acid groups (broad SMARTS) is 1.